The molecule has 4 atom stereocenters. The second-order valence-corrected chi connectivity index (χ2v) is 15.5. The molecule has 292 valence electrons. The van der Waals surface area contributed by atoms with E-state index in [1.54, 1.807) is 6.08 Å². The van der Waals surface area contributed by atoms with Gasteiger partial charge in [-0.25, -0.2) is 4.99 Å². The number of carbonyl (C=O) groups excluding carboxylic acids is 2. The summed E-state index contributed by atoms with van der Waals surface area (Å²) < 4.78 is 12.4. The molecule has 2 heterocycles. The van der Waals surface area contributed by atoms with Gasteiger partial charge in [0.2, 0.25) is 0 Å². The van der Waals surface area contributed by atoms with E-state index < -0.39 is 5.97 Å². The molecule has 4 unspecified atom stereocenters. The van der Waals surface area contributed by atoms with E-state index >= 15 is 0 Å². The Labute approximate surface area is 337 Å². The number of hydrogen-bond acceptors (Lipinski definition) is 8. The SMILES string of the molecule is CC(=O)O.CC1CC(C)C(C(=O)OC2=C(c3ccccc3)/C(=C/c3[n-]c(N)c(OC(=O)C4C(C)CC(C)CC4C)c3-c3ccccc3)N=C2N)C(C)C1.O.[Zn]. The number of anilines is 1. The van der Waals surface area contributed by atoms with Crippen molar-refractivity contribution in [3.05, 3.63) is 83.4 Å². The van der Waals surface area contributed by atoms with Crippen LogP contribution >= 0.6 is 0 Å². The van der Waals surface area contributed by atoms with Crippen molar-refractivity contribution in [2.45, 2.75) is 74.1 Å². The number of allylic oxidation sites excluding steroid dienone is 1. The monoisotopic (exact) mass is 803 g/mol. The fourth-order valence-corrected chi connectivity index (χ4v) is 8.98. The van der Waals surface area contributed by atoms with Crippen LogP contribution in [-0.2, 0) is 38.6 Å². The first-order valence-electron chi connectivity index (χ1n) is 18.7. The summed E-state index contributed by atoms with van der Waals surface area (Å²) in [5.74, 6) is 0.709. The van der Waals surface area contributed by atoms with Gasteiger partial charge in [-0.2, -0.15) is 0 Å². The second kappa shape index (κ2) is 19.4. The smallest absolute Gasteiger partial charge is 0.315 e. The number of nitrogens with zero attached hydrogens (tertiary/aromatic N) is 2. The number of aliphatic imine (C=N–C) groups is 1. The van der Waals surface area contributed by atoms with Gasteiger partial charge in [-0.3, -0.25) is 14.4 Å². The summed E-state index contributed by atoms with van der Waals surface area (Å²) in [5, 5.41) is 7.42. The first kappa shape index (κ1) is 44.9. The third kappa shape index (κ3) is 10.4. The number of nitrogen functional groups attached to an aromatic ring is 1. The summed E-state index contributed by atoms with van der Waals surface area (Å²) >= 11 is 0. The molecule has 1 aromatic heterocycles. The quantitative estimate of drug-likeness (QED) is 0.161. The van der Waals surface area contributed by atoms with Gasteiger partial charge >= 0.3 is 11.9 Å². The van der Waals surface area contributed by atoms with E-state index in [2.05, 4.69) is 41.5 Å². The van der Waals surface area contributed by atoms with Gasteiger partial charge < -0.3 is 36.5 Å². The van der Waals surface area contributed by atoms with E-state index in [1.165, 1.54) is 0 Å². The van der Waals surface area contributed by atoms with E-state index in [0.717, 1.165) is 43.7 Å². The normalized spacial score (nSPS) is 26.7. The molecule has 2 aromatic carbocycles. The van der Waals surface area contributed by atoms with E-state index in [1.807, 2.05) is 60.7 Å². The third-order valence-electron chi connectivity index (χ3n) is 10.8. The van der Waals surface area contributed by atoms with Crippen LogP contribution in [0.1, 0.15) is 85.4 Å². The Kier molecular flexibility index (Phi) is 15.8. The first-order valence-corrected chi connectivity index (χ1v) is 18.7. The maximum absolute atomic E-state index is 13.8. The maximum atomic E-state index is 13.8. The third-order valence-corrected chi connectivity index (χ3v) is 10.8. The van der Waals surface area contributed by atoms with Gasteiger partial charge in [0, 0.05) is 32.0 Å². The Hall–Kier alpha value is -4.54. The first-order chi connectivity index (χ1) is 25.2. The molecule has 3 aliphatic rings. The number of benzene rings is 2. The van der Waals surface area contributed by atoms with Crippen LogP contribution in [-0.4, -0.2) is 34.3 Å². The number of amidine groups is 1. The number of esters is 2. The van der Waals surface area contributed by atoms with Gasteiger partial charge in [-0.15, -0.1) is 0 Å². The summed E-state index contributed by atoms with van der Waals surface area (Å²) in [6.45, 7) is 14.1. The van der Waals surface area contributed by atoms with E-state index in [-0.39, 0.29) is 95.6 Å². The van der Waals surface area contributed by atoms with Crippen molar-refractivity contribution in [3.63, 3.8) is 0 Å². The molecule has 55 heavy (non-hydrogen) atoms. The molecular weight excluding hydrogens is 750 g/mol. The average Bonchev–Trinajstić information content (AvgIpc) is 3.54. The number of aromatic nitrogens is 1. The molecule has 0 saturated heterocycles. The summed E-state index contributed by atoms with van der Waals surface area (Å²) in [6, 6.07) is 19.3. The Morgan fingerprint density at radius 3 is 1.62 bits per heavy atom. The minimum atomic E-state index is -0.833. The Morgan fingerprint density at radius 2 is 1.16 bits per heavy atom. The fraction of sp³-hybridized carbons (Fsp3) is 0.442. The zero-order chi connectivity index (χ0) is 38.6. The van der Waals surface area contributed by atoms with E-state index in [4.69, 9.17) is 40.8 Å². The molecule has 0 bridgehead atoms. The van der Waals surface area contributed by atoms with Crippen LogP contribution in [0, 0.1) is 47.3 Å². The molecule has 0 amide bonds. The Morgan fingerprint density at radius 1 is 0.745 bits per heavy atom. The largest absolute Gasteiger partial charge is 0.492 e. The van der Waals surface area contributed by atoms with E-state index in [9.17, 15) is 9.59 Å². The molecule has 11 nitrogen and oxygen atoms in total. The molecule has 6 rings (SSSR count). The molecule has 2 aliphatic carbocycles. The minimum absolute atomic E-state index is 0. The van der Waals surface area contributed by atoms with Crippen molar-refractivity contribution in [2.24, 2.45) is 58.1 Å². The Balaban J connectivity index is 0.00000129. The van der Waals surface area contributed by atoms with E-state index in [0.29, 0.717) is 34.4 Å². The number of nitrogens with two attached hydrogens (primary N) is 2. The van der Waals surface area contributed by atoms with Crippen molar-refractivity contribution in [1.82, 2.24) is 4.98 Å². The number of ether oxygens (including phenoxy) is 2. The molecule has 2 fully saturated rings. The van der Waals surface area contributed by atoms with Gasteiger partial charge in [0.25, 0.3) is 5.97 Å². The van der Waals surface area contributed by atoms with Crippen molar-refractivity contribution in [2.75, 3.05) is 5.73 Å². The number of carbonyl (C=O) groups is 3. The number of aliphatic carboxylic acids is 1. The fourth-order valence-electron chi connectivity index (χ4n) is 8.98. The van der Waals surface area contributed by atoms with Crippen LogP contribution in [0.4, 0.5) is 5.82 Å². The molecule has 0 spiro atoms. The molecule has 7 N–H and O–H groups in total. The molecule has 1 aliphatic heterocycles. The zero-order valence-corrected chi connectivity index (χ0v) is 36.0. The number of carboxylic acid groups (broad SMARTS) is 1. The summed E-state index contributed by atoms with van der Waals surface area (Å²) in [6.07, 6.45) is 5.68. The van der Waals surface area contributed by atoms with Crippen molar-refractivity contribution < 1.29 is 53.9 Å². The van der Waals surface area contributed by atoms with Crippen molar-refractivity contribution >= 4 is 41.2 Å². The summed E-state index contributed by atoms with van der Waals surface area (Å²) in [5.41, 5.74) is 16.8. The zero-order valence-electron chi connectivity index (χ0n) is 33.0. The molecule has 12 heteroatoms. The standard InChI is InChI=1S/C41H49N4O4.C2H4O2.H2O.Zn/c1-22-17-24(3)32(25(4)18-22)40(46)48-36-34(28-13-9-7-10-14-28)30(44-38(36)42)21-31-35(29-15-11-8-12-16-29)37(39(43)45-31)49-41(47)33-26(5)19-23(2)20-27(33)6;1-2(3)4;;/h7-16,21-27,32-33H,17-20H2,1-6H3,(H4-,42,43,44,45);1H3,(H,3,4);1H2;/q-1;;;. The molecule has 2 saturated carbocycles. The molecule has 0 radical (unpaired) electrons. The van der Waals surface area contributed by atoms with Crippen molar-refractivity contribution in [3.8, 4) is 16.9 Å². The minimum Gasteiger partial charge on any atom is -0.492 e. The van der Waals surface area contributed by atoms with Crippen LogP contribution in [0.5, 0.6) is 5.75 Å². The van der Waals surface area contributed by atoms with Crippen LogP contribution < -0.4 is 21.2 Å². The van der Waals surface area contributed by atoms with Gasteiger partial charge in [0.15, 0.2) is 11.6 Å². The number of carboxylic acids is 1. The van der Waals surface area contributed by atoms with Gasteiger partial charge in [0.1, 0.15) is 5.75 Å². The van der Waals surface area contributed by atoms with Crippen LogP contribution in [0.25, 0.3) is 22.8 Å². The van der Waals surface area contributed by atoms with Gasteiger partial charge in [-0.05, 0) is 89.9 Å². The number of rotatable bonds is 7. The Bertz CT molecular complexity index is 1880. The molecular formula is C43H55N4O7Zn-. The molecule has 3 aromatic rings. The van der Waals surface area contributed by atoms with Crippen LogP contribution in [0.3, 0.4) is 0 Å². The number of hydrogen-bond donors (Lipinski definition) is 3. The van der Waals surface area contributed by atoms with Crippen LogP contribution in [0.15, 0.2) is 77.1 Å². The average molecular weight is 805 g/mol. The predicted octanol–water partition coefficient (Wildman–Crippen LogP) is 7.36. The van der Waals surface area contributed by atoms with Crippen molar-refractivity contribution in [1.29, 1.82) is 0 Å². The van der Waals surface area contributed by atoms with Gasteiger partial charge in [0.05, 0.1) is 23.1 Å². The summed E-state index contributed by atoms with van der Waals surface area (Å²) in [7, 11) is 0. The van der Waals surface area contributed by atoms with Crippen LogP contribution in [0.2, 0.25) is 0 Å². The maximum Gasteiger partial charge on any atom is 0.315 e. The second-order valence-electron chi connectivity index (χ2n) is 15.5. The van der Waals surface area contributed by atoms with Gasteiger partial charge in [-0.1, -0.05) is 102 Å². The summed E-state index contributed by atoms with van der Waals surface area (Å²) in [4.78, 5) is 46.0. The predicted molar refractivity (Wildman–Crippen MR) is 212 cm³/mol. The topological polar surface area (TPSA) is 200 Å².